The molecule has 0 aliphatic carbocycles. The van der Waals surface area contributed by atoms with Crippen molar-refractivity contribution in [1.82, 2.24) is 0 Å². The van der Waals surface area contributed by atoms with E-state index in [-0.39, 0.29) is 11.0 Å². The Morgan fingerprint density at radius 1 is 1.14 bits per heavy atom. The summed E-state index contributed by atoms with van der Waals surface area (Å²) in [6.45, 7) is 1.97. The van der Waals surface area contributed by atoms with E-state index in [9.17, 15) is 18.0 Å². The van der Waals surface area contributed by atoms with Gasteiger partial charge in [0.25, 0.3) is 0 Å². The third kappa shape index (κ3) is 4.48. The second-order valence-corrected chi connectivity index (χ2v) is 8.39. The molecule has 0 atom stereocenters. The van der Waals surface area contributed by atoms with E-state index in [2.05, 4.69) is 4.72 Å². The molecule has 0 fully saturated rings. The van der Waals surface area contributed by atoms with Gasteiger partial charge >= 0.3 is 5.97 Å². The van der Waals surface area contributed by atoms with Crippen molar-refractivity contribution in [3.05, 3.63) is 63.8 Å². The molecule has 0 aliphatic heterocycles. The van der Waals surface area contributed by atoms with Crippen LogP contribution in [0.15, 0.2) is 51.7 Å². The molecule has 0 unspecified atom stereocenters. The second-order valence-electron chi connectivity index (χ2n) is 6.64. The number of esters is 1. The molecule has 0 amide bonds. The number of nitrogens with one attached hydrogen (secondary N) is 1. The van der Waals surface area contributed by atoms with Gasteiger partial charge in [0.05, 0.1) is 30.0 Å². The number of hydrogen-bond donors (Lipinski definition) is 1. The standard InChI is InChI=1S/C21H21NO6S/c1-4-5-17-19(23)16-11-10-15(22-29(3,25)26)12-18(16)28-20(17)13-6-8-14(9-7-13)21(24)27-2/h6-12,22H,4-5H2,1-3H3. The Morgan fingerprint density at radius 3 is 2.41 bits per heavy atom. The molecule has 1 aromatic heterocycles. The summed E-state index contributed by atoms with van der Waals surface area (Å²) >= 11 is 0. The van der Waals surface area contributed by atoms with Crippen LogP contribution in [0, 0.1) is 0 Å². The molecule has 0 radical (unpaired) electrons. The summed E-state index contributed by atoms with van der Waals surface area (Å²) in [6, 6.07) is 11.1. The van der Waals surface area contributed by atoms with Gasteiger partial charge in [0.1, 0.15) is 11.3 Å². The van der Waals surface area contributed by atoms with Crippen LogP contribution in [0.25, 0.3) is 22.3 Å². The lowest BCUT2D eigenvalue weighted by Crippen LogP contribution is -2.12. The van der Waals surface area contributed by atoms with Gasteiger partial charge in [-0.1, -0.05) is 25.5 Å². The van der Waals surface area contributed by atoms with Crippen molar-refractivity contribution < 1.29 is 22.4 Å². The third-order valence-electron chi connectivity index (χ3n) is 4.36. The van der Waals surface area contributed by atoms with Gasteiger partial charge in [0.2, 0.25) is 10.0 Å². The maximum Gasteiger partial charge on any atom is 0.337 e. The molecular weight excluding hydrogens is 394 g/mol. The van der Waals surface area contributed by atoms with Crippen LogP contribution in [0.3, 0.4) is 0 Å². The first-order valence-electron chi connectivity index (χ1n) is 8.99. The fraction of sp³-hybridized carbons (Fsp3) is 0.238. The number of methoxy groups -OCH3 is 1. The van der Waals surface area contributed by atoms with E-state index in [0.29, 0.717) is 39.9 Å². The topological polar surface area (TPSA) is 103 Å². The van der Waals surface area contributed by atoms with Crippen LogP contribution in [0.4, 0.5) is 5.69 Å². The van der Waals surface area contributed by atoms with Gasteiger partial charge in [0.15, 0.2) is 5.43 Å². The molecule has 0 spiro atoms. The molecular formula is C21H21NO6S. The predicted molar refractivity (Wildman–Crippen MR) is 112 cm³/mol. The summed E-state index contributed by atoms with van der Waals surface area (Å²) in [5.74, 6) is -0.0564. The maximum atomic E-state index is 13.1. The number of ether oxygens (including phenoxy) is 1. The first-order chi connectivity index (χ1) is 13.7. The summed E-state index contributed by atoms with van der Waals surface area (Å²) in [7, 11) is -2.16. The SMILES string of the molecule is CCCc1c(-c2ccc(C(=O)OC)cc2)oc2cc(NS(C)(=O)=O)ccc2c1=O. The number of carbonyl (C=O) groups excluding carboxylic acids is 1. The zero-order chi connectivity index (χ0) is 21.2. The van der Waals surface area contributed by atoms with E-state index >= 15 is 0 Å². The van der Waals surface area contributed by atoms with Gasteiger partial charge < -0.3 is 9.15 Å². The summed E-state index contributed by atoms with van der Waals surface area (Å²) in [5.41, 5.74) is 1.98. The second kappa shape index (κ2) is 8.08. The predicted octanol–water partition coefficient (Wildman–Crippen LogP) is 3.57. The molecule has 1 N–H and O–H groups in total. The van der Waals surface area contributed by atoms with Gasteiger partial charge in [0, 0.05) is 17.2 Å². The first-order valence-corrected chi connectivity index (χ1v) is 10.9. The van der Waals surface area contributed by atoms with Crippen molar-refractivity contribution in [2.75, 3.05) is 18.1 Å². The zero-order valence-corrected chi connectivity index (χ0v) is 17.1. The molecule has 7 nitrogen and oxygen atoms in total. The quantitative estimate of drug-likeness (QED) is 0.618. The summed E-state index contributed by atoms with van der Waals surface area (Å²) in [6.07, 6.45) is 2.32. The number of rotatable bonds is 6. The first kappa shape index (κ1) is 20.6. The molecule has 29 heavy (non-hydrogen) atoms. The number of hydrogen-bond acceptors (Lipinski definition) is 6. The number of anilines is 1. The Labute approximate surface area is 168 Å². The number of carbonyl (C=O) groups is 1. The molecule has 0 saturated heterocycles. The minimum Gasteiger partial charge on any atom is -0.465 e. The van der Waals surface area contributed by atoms with Crippen LogP contribution in [0.1, 0.15) is 29.3 Å². The number of sulfonamides is 1. The van der Waals surface area contributed by atoms with Crippen LogP contribution in [0.5, 0.6) is 0 Å². The highest BCUT2D eigenvalue weighted by Gasteiger charge is 2.17. The van der Waals surface area contributed by atoms with Gasteiger partial charge in [-0.2, -0.15) is 0 Å². The Kier molecular flexibility index (Phi) is 5.74. The Bertz CT molecular complexity index is 1230. The largest absolute Gasteiger partial charge is 0.465 e. The van der Waals surface area contributed by atoms with E-state index in [0.717, 1.165) is 12.7 Å². The Morgan fingerprint density at radius 2 is 1.83 bits per heavy atom. The third-order valence-corrected chi connectivity index (χ3v) is 4.96. The van der Waals surface area contributed by atoms with Crippen molar-refractivity contribution in [3.8, 4) is 11.3 Å². The Hall–Kier alpha value is -3.13. The van der Waals surface area contributed by atoms with E-state index in [4.69, 9.17) is 9.15 Å². The van der Waals surface area contributed by atoms with Crippen LogP contribution < -0.4 is 10.2 Å². The van der Waals surface area contributed by atoms with Crippen molar-refractivity contribution in [3.63, 3.8) is 0 Å². The molecule has 0 bridgehead atoms. The van der Waals surface area contributed by atoms with Crippen molar-refractivity contribution >= 4 is 32.6 Å². The smallest absolute Gasteiger partial charge is 0.337 e. The molecule has 2 aromatic carbocycles. The Balaban J connectivity index is 2.19. The number of benzene rings is 2. The van der Waals surface area contributed by atoms with Crippen LogP contribution in [-0.4, -0.2) is 27.8 Å². The van der Waals surface area contributed by atoms with Gasteiger partial charge in [-0.3, -0.25) is 9.52 Å². The average molecular weight is 415 g/mol. The van der Waals surface area contributed by atoms with Crippen molar-refractivity contribution in [2.24, 2.45) is 0 Å². The zero-order valence-electron chi connectivity index (χ0n) is 16.3. The van der Waals surface area contributed by atoms with E-state index in [1.54, 1.807) is 30.3 Å². The fourth-order valence-corrected chi connectivity index (χ4v) is 3.65. The van der Waals surface area contributed by atoms with Gasteiger partial charge in [-0.05, 0) is 30.7 Å². The van der Waals surface area contributed by atoms with E-state index in [1.807, 2.05) is 6.92 Å². The summed E-state index contributed by atoms with van der Waals surface area (Å²) in [4.78, 5) is 24.7. The molecule has 0 aliphatic rings. The fourth-order valence-electron chi connectivity index (χ4n) is 3.09. The van der Waals surface area contributed by atoms with Gasteiger partial charge in [-0.15, -0.1) is 0 Å². The highest BCUT2D eigenvalue weighted by molar-refractivity contribution is 7.92. The lowest BCUT2D eigenvalue weighted by atomic mass is 10.0. The van der Waals surface area contributed by atoms with Crippen LogP contribution in [0.2, 0.25) is 0 Å². The average Bonchev–Trinajstić information content (AvgIpc) is 2.68. The lowest BCUT2D eigenvalue weighted by Gasteiger charge is -2.11. The molecule has 8 heteroatoms. The minimum absolute atomic E-state index is 0.161. The van der Waals surface area contributed by atoms with Gasteiger partial charge in [-0.25, -0.2) is 13.2 Å². The van der Waals surface area contributed by atoms with Crippen molar-refractivity contribution in [1.29, 1.82) is 0 Å². The highest BCUT2D eigenvalue weighted by atomic mass is 32.2. The molecule has 1 heterocycles. The lowest BCUT2D eigenvalue weighted by molar-refractivity contribution is 0.0600. The monoisotopic (exact) mass is 415 g/mol. The highest BCUT2D eigenvalue weighted by Crippen LogP contribution is 2.29. The van der Waals surface area contributed by atoms with Crippen LogP contribution in [-0.2, 0) is 21.2 Å². The van der Waals surface area contributed by atoms with E-state index in [1.165, 1.54) is 19.2 Å². The summed E-state index contributed by atoms with van der Waals surface area (Å²) < 4.78 is 36.1. The van der Waals surface area contributed by atoms with E-state index < -0.39 is 16.0 Å². The van der Waals surface area contributed by atoms with Crippen LogP contribution >= 0.6 is 0 Å². The normalized spacial score (nSPS) is 11.4. The minimum atomic E-state index is -3.46. The summed E-state index contributed by atoms with van der Waals surface area (Å²) in [5, 5.41) is 0.377. The van der Waals surface area contributed by atoms with Crippen molar-refractivity contribution in [2.45, 2.75) is 19.8 Å². The molecule has 152 valence electrons. The molecule has 3 rings (SSSR count). The molecule has 3 aromatic rings. The molecule has 0 saturated carbocycles. The number of fused-ring (bicyclic) bond motifs is 1. The maximum absolute atomic E-state index is 13.1.